The van der Waals surface area contributed by atoms with Crippen molar-refractivity contribution >= 4 is 33.1 Å². The lowest BCUT2D eigenvalue weighted by Gasteiger charge is -2.00. The summed E-state index contributed by atoms with van der Waals surface area (Å²) in [7, 11) is 0. The van der Waals surface area contributed by atoms with Gasteiger partial charge in [0.15, 0.2) is 0 Å². The van der Waals surface area contributed by atoms with Crippen LogP contribution in [-0.2, 0) is 0 Å². The molecule has 7 heteroatoms. The van der Waals surface area contributed by atoms with Gasteiger partial charge in [-0.05, 0) is 35.7 Å². The highest BCUT2D eigenvalue weighted by molar-refractivity contribution is 7.13. The van der Waals surface area contributed by atoms with E-state index < -0.39 is 0 Å². The van der Waals surface area contributed by atoms with Crippen LogP contribution in [0.15, 0.2) is 72.8 Å². The topological polar surface area (TPSA) is 83.1 Å². The number of hydrogen-bond donors (Lipinski definition) is 2. The van der Waals surface area contributed by atoms with Gasteiger partial charge in [0.25, 0.3) is 0 Å². The summed E-state index contributed by atoms with van der Waals surface area (Å²) in [5, 5.41) is 11.9. The third-order valence-corrected chi connectivity index (χ3v) is 5.90. The second-order valence-corrected chi connectivity index (χ2v) is 7.69. The molecule has 0 amide bonds. The molecule has 138 valence electrons. The third-order valence-electron chi connectivity index (χ3n) is 4.99. The number of H-pyrrole nitrogens is 2. The number of aromatic nitrogens is 6. The van der Waals surface area contributed by atoms with Gasteiger partial charge in [0, 0.05) is 45.4 Å². The van der Waals surface area contributed by atoms with Crippen LogP contribution in [0.2, 0.25) is 0 Å². The van der Waals surface area contributed by atoms with Gasteiger partial charge in [-0.15, -0.1) is 11.3 Å². The first-order chi connectivity index (χ1) is 14.4. The summed E-state index contributed by atoms with van der Waals surface area (Å²) in [6.45, 7) is 0. The Kier molecular flexibility index (Phi) is 3.54. The second kappa shape index (κ2) is 6.35. The molecule has 0 radical (unpaired) electrons. The Morgan fingerprint density at radius 2 is 1.86 bits per heavy atom. The van der Waals surface area contributed by atoms with Crippen LogP contribution in [0.1, 0.15) is 0 Å². The molecule has 0 unspecified atom stereocenters. The molecule has 0 aromatic carbocycles. The van der Waals surface area contributed by atoms with Crippen LogP contribution in [0.4, 0.5) is 0 Å². The maximum Gasteiger partial charge on any atom is 0.116 e. The molecule has 0 saturated carbocycles. The largest absolute Gasteiger partial charge is 0.352 e. The number of pyridine rings is 3. The summed E-state index contributed by atoms with van der Waals surface area (Å²) in [5.74, 6) is 0. The maximum absolute atomic E-state index is 4.56. The molecular weight excluding hydrogens is 380 g/mol. The lowest BCUT2D eigenvalue weighted by molar-refractivity contribution is 1.11. The number of hydrogen-bond acceptors (Lipinski definition) is 5. The zero-order chi connectivity index (χ0) is 19.2. The van der Waals surface area contributed by atoms with Crippen LogP contribution >= 0.6 is 11.3 Å². The molecule has 6 heterocycles. The first kappa shape index (κ1) is 16.1. The number of nitrogens with zero attached hydrogens (tertiary/aromatic N) is 4. The minimum Gasteiger partial charge on any atom is -0.352 e. The lowest BCUT2D eigenvalue weighted by Crippen LogP contribution is -1.85. The van der Waals surface area contributed by atoms with E-state index >= 15 is 0 Å². The average molecular weight is 394 g/mol. The molecule has 2 N–H and O–H groups in total. The molecule has 0 aliphatic heterocycles. The van der Waals surface area contributed by atoms with Crippen LogP contribution in [0.5, 0.6) is 0 Å². The molecule has 0 aliphatic carbocycles. The van der Waals surface area contributed by atoms with Gasteiger partial charge in [0.2, 0.25) is 0 Å². The van der Waals surface area contributed by atoms with Gasteiger partial charge in [0.1, 0.15) is 5.69 Å². The Bertz CT molecular complexity index is 1450. The highest BCUT2D eigenvalue weighted by Crippen LogP contribution is 2.35. The van der Waals surface area contributed by atoms with Crippen molar-refractivity contribution in [1.29, 1.82) is 0 Å². The molecular formula is C22H14N6S. The molecule has 0 spiro atoms. The average Bonchev–Trinajstić information content (AvgIpc) is 3.52. The number of aromatic amines is 2. The van der Waals surface area contributed by atoms with Gasteiger partial charge >= 0.3 is 0 Å². The fraction of sp³-hybridized carbons (Fsp3) is 0. The Hall–Kier alpha value is -3.84. The third kappa shape index (κ3) is 2.63. The van der Waals surface area contributed by atoms with Crippen LogP contribution in [0, 0.1) is 0 Å². The van der Waals surface area contributed by atoms with E-state index in [1.54, 1.807) is 17.5 Å². The van der Waals surface area contributed by atoms with Crippen molar-refractivity contribution in [3.05, 3.63) is 72.8 Å². The quantitative estimate of drug-likeness (QED) is 0.427. The van der Waals surface area contributed by atoms with Crippen molar-refractivity contribution in [2.45, 2.75) is 0 Å². The zero-order valence-electron chi connectivity index (χ0n) is 15.1. The fourth-order valence-corrected chi connectivity index (χ4v) is 4.35. The van der Waals surface area contributed by atoms with Crippen molar-refractivity contribution in [3.63, 3.8) is 0 Å². The SMILES string of the molecule is c1cncc(-c2cc3c(-c4cc5c(-c6cccs6)cncc5[nH]4)n[nH]c3cn2)c1. The number of nitrogens with one attached hydrogen (secondary N) is 2. The highest BCUT2D eigenvalue weighted by Gasteiger charge is 2.15. The number of fused-ring (bicyclic) bond motifs is 2. The Morgan fingerprint density at radius 1 is 0.862 bits per heavy atom. The smallest absolute Gasteiger partial charge is 0.116 e. The zero-order valence-corrected chi connectivity index (χ0v) is 15.9. The van der Waals surface area contributed by atoms with E-state index in [1.807, 2.05) is 36.9 Å². The normalized spacial score (nSPS) is 11.4. The van der Waals surface area contributed by atoms with Crippen molar-refractivity contribution in [2.24, 2.45) is 0 Å². The van der Waals surface area contributed by atoms with E-state index in [9.17, 15) is 0 Å². The molecule has 29 heavy (non-hydrogen) atoms. The summed E-state index contributed by atoms with van der Waals surface area (Å²) < 4.78 is 0. The van der Waals surface area contributed by atoms with Gasteiger partial charge < -0.3 is 4.98 Å². The molecule has 6 aromatic rings. The molecule has 0 fully saturated rings. The van der Waals surface area contributed by atoms with E-state index in [1.165, 1.54) is 4.88 Å². The van der Waals surface area contributed by atoms with E-state index in [-0.39, 0.29) is 0 Å². The number of rotatable bonds is 3. The lowest BCUT2D eigenvalue weighted by atomic mass is 10.1. The molecule has 0 atom stereocenters. The van der Waals surface area contributed by atoms with Crippen LogP contribution < -0.4 is 0 Å². The van der Waals surface area contributed by atoms with E-state index in [4.69, 9.17) is 0 Å². The van der Waals surface area contributed by atoms with Gasteiger partial charge in [-0.25, -0.2) is 0 Å². The molecule has 0 saturated heterocycles. The van der Waals surface area contributed by atoms with Crippen molar-refractivity contribution in [1.82, 2.24) is 30.1 Å². The standard InChI is InChI=1S/C22H14N6S/c1-3-13(9-23-5-1)17-8-15-20(12-25-17)27-28-22(15)18-7-14-16(21-4-2-6-29-21)10-24-11-19(14)26-18/h1-12,26H,(H,27,28). The molecule has 6 rings (SSSR count). The van der Waals surface area contributed by atoms with Crippen LogP contribution in [-0.4, -0.2) is 30.1 Å². The van der Waals surface area contributed by atoms with Crippen LogP contribution in [0.25, 0.3) is 54.9 Å². The minimum absolute atomic E-state index is 0.862. The summed E-state index contributed by atoms with van der Waals surface area (Å²) >= 11 is 1.71. The van der Waals surface area contributed by atoms with Gasteiger partial charge in [-0.3, -0.25) is 20.1 Å². The summed E-state index contributed by atoms with van der Waals surface area (Å²) in [5.41, 5.74) is 6.65. The Labute approximate surface area is 169 Å². The van der Waals surface area contributed by atoms with Crippen LogP contribution in [0.3, 0.4) is 0 Å². The maximum atomic E-state index is 4.56. The predicted octanol–water partition coefficient (Wildman–Crippen LogP) is 5.29. The van der Waals surface area contributed by atoms with Crippen molar-refractivity contribution in [2.75, 3.05) is 0 Å². The Morgan fingerprint density at radius 3 is 2.72 bits per heavy atom. The predicted molar refractivity (Wildman–Crippen MR) is 116 cm³/mol. The molecule has 0 bridgehead atoms. The first-order valence-electron chi connectivity index (χ1n) is 9.12. The second-order valence-electron chi connectivity index (χ2n) is 6.74. The molecule has 6 aromatic heterocycles. The Balaban J connectivity index is 1.53. The van der Waals surface area contributed by atoms with Crippen molar-refractivity contribution < 1.29 is 0 Å². The molecule has 0 aliphatic rings. The fourth-order valence-electron chi connectivity index (χ4n) is 3.60. The monoisotopic (exact) mass is 394 g/mol. The van der Waals surface area contributed by atoms with Gasteiger partial charge in [0.05, 0.1) is 34.8 Å². The molecule has 6 nitrogen and oxygen atoms in total. The van der Waals surface area contributed by atoms with E-state index in [2.05, 4.69) is 59.8 Å². The summed E-state index contributed by atoms with van der Waals surface area (Å²) in [4.78, 5) is 17.8. The number of thiophene rings is 1. The minimum atomic E-state index is 0.862. The summed E-state index contributed by atoms with van der Waals surface area (Å²) in [6, 6.07) is 12.3. The summed E-state index contributed by atoms with van der Waals surface area (Å²) in [6.07, 6.45) is 9.16. The van der Waals surface area contributed by atoms with E-state index in [0.717, 1.165) is 50.0 Å². The highest BCUT2D eigenvalue weighted by atomic mass is 32.1. The van der Waals surface area contributed by atoms with Crippen molar-refractivity contribution in [3.8, 4) is 33.1 Å². The van der Waals surface area contributed by atoms with Gasteiger partial charge in [-0.2, -0.15) is 5.10 Å². The first-order valence-corrected chi connectivity index (χ1v) is 10.0. The van der Waals surface area contributed by atoms with E-state index in [0.29, 0.717) is 0 Å². The van der Waals surface area contributed by atoms with Gasteiger partial charge in [-0.1, -0.05) is 6.07 Å².